The molecule has 9 aliphatic rings. The molecule has 10 atom stereocenters. The Labute approximate surface area is 503 Å². The van der Waals surface area contributed by atoms with E-state index in [1.165, 1.54) is 0 Å². The van der Waals surface area contributed by atoms with Gasteiger partial charge in [0.2, 0.25) is 23.6 Å². The van der Waals surface area contributed by atoms with Crippen molar-refractivity contribution in [3.05, 3.63) is 149 Å². The smallest absolute Gasteiger partial charge is 0.411 e. The highest BCUT2D eigenvalue weighted by Gasteiger charge is 2.80. The summed E-state index contributed by atoms with van der Waals surface area (Å²) in [6.45, 7) is 3.12. The number of ketones is 2. The number of benzene rings is 4. The minimum Gasteiger partial charge on any atom is -0.481 e. The van der Waals surface area contributed by atoms with Crippen LogP contribution in [0.25, 0.3) is 0 Å². The average Bonchev–Trinajstić information content (AvgIpc) is 1.61. The number of ether oxygens (including phenoxy) is 3. The Morgan fingerprint density at radius 1 is 0.839 bits per heavy atom. The molecule has 0 unspecified atom stereocenters. The number of carboxylic acids is 1. The maximum Gasteiger partial charge on any atom is 0.411 e. The van der Waals surface area contributed by atoms with Gasteiger partial charge in [-0.2, -0.15) is 0 Å². The van der Waals surface area contributed by atoms with Crippen molar-refractivity contribution in [2.24, 2.45) is 39.4 Å². The van der Waals surface area contributed by atoms with Crippen LogP contribution in [0.15, 0.2) is 121 Å². The maximum absolute atomic E-state index is 14.1. The first-order chi connectivity index (χ1) is 41.7. The Kier molecular flexibility index (Phi) is 15.7. The second-order valence-electron chi connectivity index (χ2n) is 25.7. The Hall–Kier alpha value is -8.28. The molecule has 7 aliphatic carbocycles. The Bertz CT molecular complexity index is 3600. The first-order valence-corrected chi connectivity index (χ1v) is 30.0. The predicted octanol–water partition coefficient (Wildman–Crippen LogP) is 7.21. The fourth-order valence-electron chi connectivity index (χ4n) is 16.5. The summed E-state index contributed by atoms with van der Waals surface area (Å²) in [5.41, 5.74) is 3.61. The van der Waals surface area contributed by atoms with Crippen LogP contribution in [0, 0.1) is 51.3 Å². The summed E-state index contributed by atoms with van der Waals surface area (Å²) >= 11 is 0. The van der Waals surface area contributed by atoms with Gasteiger partial charge in [0.15, 0.2) is 23.5 Å². The summed E-state index contributed by atoms with van der Waals surface area (Å²) in [5.74, 6) is 2.35. The van der Waals surface area contributed by atoms with Crippen molar-refractivity contribution in [1.29, 1.82) is 0 Å². The minimum atomic E-state index is -1.39. The molecule has 19 heteroatoms. The Morgan fingerprint density at radius 3 is 2.36 bits per heavy atom. The quantitative estimate of drug-likeness (QED) is 0.0457. The van der Waals surface area contributed by atoms with Crippen molar-refractivity contribution in [2.75, 3.05) is 28.7 Å². The van der Waals surface area contributed by atoms with Crippen molar-refractivity contribution < 1.29 is 67.9 Å². The number of carbonyl (C=O) groups is 8. The van der Waals surface area contributed by atoms with Crippen LogP contribution in [0.4, 0.5) is 21.9 Å². The number of nitrogens with one attached hydrogen (secondary N) is 4. The van der Waals surface area contributed by atoms with Crippen molar-refractivity contribution in [1.82, 2.24) is 10.6 Å². The van der Waals surface area contributed by atoms with E-state index in [1.807, 2.05) is 66.7 Å². The number of aliphatic carboxylic acids is 1. The van der Waals surface area contributed by atoms with Gasteiger partial charge in [-0.1, -0.05) is 91.9 Å². The number of aliphatic hydroxyl groups excluding tert-OH is 2. The Morgan fingerprint density at radius 2 is 1.59 bits per heavy atom. The number of aliphatic hydroxyl groups is 2. The second kappa shape index (κ2) is 23.1. The van der Waals surface area contributed by atoms with E-state index in [0.29, 0.717) is 41.0 Å². The van der Waals surface area contributed by atoms with E-state index in [2.05, 4.69) is 47.0 Å². The molecule has 2 aliphatic heterocycles. The van der Waals surface area contributed by atoms with Gasteiger partial charge in [0.1, 0.15) is 19.3 Å². The number of hydrogen-bond acceptors (Lipinski definition) is 13. The standard InChI is InChI=1S/C68H71N5O14/c1-64-27-26-48(75)29-45(64)18-21-49-50-30-55-68(54(77)35-74,65(50,2)32-53(76)60(49)64)87-62(86-55)67-37-66(38-67,39-67)31-41-8-7-12-47(28-41)71-63(84)85-36-40-14-19-46(20-15-40)70-61(83)51(22-25-59(81)82)72-57(79)33-69-56(78)23-24-58(80)73-34-44-11-4-3-9-42(44)16-17-43-10-5-6-13-52(43)73/h3-15,19-20,26-29,49-51,53,55,60,62,74,76H,18,21-25,30-39H2,1-2H3,(H,69,78)(H,70,83)(H,71,84)(H,72,79)(H,81,82)/t49-,50-,51-,53-,55+,60+,62+,64-,65-,66?,67?,68+/m0/s1. The van der Waals surface area contributed by atoms with E-state index >= 15 is 0 Å². The summed E-state index contributed by atoms with van der Waals surface area (Å²) in [6.07, 6.45) is 7.33. The van der Waals surface area contributed by atoms with Gasteiger partial charge in [0.25, 0.3) is 0 Å². The zero-order valence-corrected chi connectivity index (χ0v) is 48.6. The molecule has 13 rings (SSSR count). The normalized spacial score (nSPS) is 30.3. The molecule has 5 amide bonds. The lowest BCUT2D eigenvalue weighted by atomic mass is 9.33. The number of fused-ring (bicyclic) bond motifs is 9. The van der Waals surface area contributed by atoms with Crippen LogP contribution in [0.2, 0.25) is 0 Å². The molecule has 4 aromatic rings. The Balaban J connectivity index is 0.588. The van der Waals surface area contributed by atoms with E-state index in [-0.39, 0.29) is 72.7 Å². The molecule has 19 nitrogen and oxygen atoms in total. The van der Waals surface area contributed by atoms with Crippen LogP contribution in [-0.2, 0) is 67.3 Å². The molecule has 87 heavy (non-hydrogen) atoms. The first kappa shape index (κ1) is 59.1. The van der Waals surface area contributed by atoms with Gasteiger partial charge in [-0.15, -0.1) is 0 Å². The number of allylic oxidation sites excluding steroid dienone is 4. The molecule has 0 spiro atoms. The lowest BCUT2D eigenvalue weighted by Crippen LogP contribution is -2.69. The largest absolute Gasteiger partial charge is 0.481 e. The number of amides is 5. The molecule has 7 N–H and O–H groups in total. The van der Waals surface area contributed by atoms with E-state index in [9.17, 15) is 53.7 Å². The molecule has 6 saturated carbocycles. The summed E-state index contributed by atoms with van der Waals surface area (Å²) in [7, 11) is 0. The molecular formula is C68H71N5O14. The highest BCUT2D eigenvalue weighted by atomic mass is 16.7. The van der Waals surface area contributed by atoms with Gasteiger partial charge in [0.05, 0.1) is 31.0 Å². The van der Waals surface area contributed by atoms with E-state index in [4.69, 9.17) is 14.2 Å². The van der Waals surface area contributed by atoms with Gasteiger partial charge in [0, 0.05) is 63.9 Å². The van der Waals surface area contributed by atoms with Crippen LogP contribution in [0.3, 0.4) is 0 Å². The number of nitrogens with zero attached hydrogens (tertiary/aromatic N) is 1. The fourth-order valence-corrected chi connectivity index (χ4v) is 16.5. The number of carboxylic acid groups (broad SMARTS) is 1. The van der Waals surface area contributed by atoms with Gasteiger partial charge >= 0.3 is 12.1 Å². The van der Waals surface area contributed by atoms with Crippen LogP contribution >= 0.6 is 0 Å². The molecule has 7 fully saturated rings. The van der Waals surface area contributed by atoms with Crippen molar-refractivity contribution >= 4 is 64.3 Å². The predicted molar refractivity (Wildman–Crippen MR) is 317 cm³/mol. The zero-order chi connectivity index (χ0) is 61.0. The number of para-hydroxylation sites is 1. The number of Topliss-reactive ketones (excluding diaryl/α,β-unsaturated/α-hetero) is 1. The molecular weight excluding hydrogens is 1110 g/mol. The average molecular weight is 1180 g/mol. The monoisotopic (exact) mass is 1180 g/mol. The highest BCUT2D eigenvalue weighted by Crippen LogP contribution is 2.79. The number of rotatable bonds is 19. The van der Waals surface area contributed by atoms with Crippen molar-refractivity contribution in [3.63, 3.8) is 0 Å². The molecule has 0 radical (unpaired) electrons. The van der Waals surface area contributed by atoms with Gasteiger partial charge in [-0.25, -0.2) is 4.79 Å². The van der Waals surface area contributed by atoms with Gasteiger partial charge < -0.3 is 50.4 Å². The lowest BCUT2D eigenvalue weighted by Gasteiger charge is -2.72. The molecule has 1 saturated heterocycles. The van der Waals surface area contributed by atoms with Gasteiger partial charge in [-0.05, 0) is 146 Å². The molecule has 2 heterocycles. The second-order valence-corrected chi connectivity index (χ2v) is 25.7. The van der Waals surface area contributed by atoms with Crippen molar-refractivity contribution in [3.8, 4) is 11.8 Å². The third kappa shape index (κ3) is 11.0. The van der Waals surface area contributed by atoms with Crippen LogP contribution < -0.4 is 26.2 Å². The third-order valence-corrected chi connectivity index (χ3v) is 20.3. The third-order valence-electron chi connectivity index (χ3n) is 20.3. The first-order valence-electron chi connectivity index (χ1n) is 30.0. The van der Waals surface area contributed by atoms with E-state index < -0.39 is 96.1 Å². The summed E-state index contributed by atoms with van der Waals surface area (Å²) < 4.78 is 19.4. The maximum atomic E-state index is 14.1. The number of anilines is 3. The lowest BCUT2D eigenvalue weighted by molar-refractivity contribution is -0.323. The number of carbonyl (C=O) groups excluding carboxylic acids is 7. The van der Waals surface area contributed by atoms with Crippen LogP contribution in [0.1, 0.15) is 112 Å². The van der Waals surface area contributed by atoms with Crippen LogP contribution in [0.5, 0.6) is 0 Å². The molecule has 4 aromatic carbocycles. The fraction of sp³-hybridized carbons (Fsp3) is 0.441. The zero-order valence-electron chi connectivity index (χ0n) is 48.6. The summed E-state index contributed by atoms with van der Waals surface area (Å²) in [6, 6.07) is 27.5. The van der Waals surface area contributed by atoms with E-state index in [0.717, 1.165) is 60.8 Å². The minimum absolute atomic E-state index is 0.00708. The summed E-state index contributed by atoms with van der Waals surface area (Å²) in [5, 5.41) is 42.4. The summed E-state index contributed by atoms with van der Waals surface area (Å²) in [4.78, 5) is 106. The molecule has 0 aromatic heterocycles. The van der Waals surface area contributed by atoms with Gasteiger partial charge in [-0.3, -0.25) is 38.9 Å². The number of hydrogen-bond donors (Lipinski definition) is 7. The molecule has 452 valence electrons. The van der Waals surface area contributed by atoms with Crippen molar-refractivity contribution in [2.45, 2.75) is 134 Å². The molecule has 2 bridgehead atoms. The topological polar surface area (TPSA) is 276 Å². The van der Waals surface area contributed by atoms with Crippen LogP contribution in [-0.4, -0.2) is 106 Å². The highest BCUT2D eigenvalue weighted by molar-refractivity contribution is 6.01. The SMILES string of the molecule is C[C@]12C=CC(=O)C=C1CC[C@@H]1[C@@H]2[C@@H](O)C[C@@]2(C)[C@H]1C[C@H]1O[C@@H](C34CC(Cc5cccc(NC(=O)OCc6ccc(NC(=O)[C@H](CCC(=O)O)NC(=O)CNC(=O)CCC(=O)N7Cc8ccccc8C#Cc8ccccc87)cc6)c5)(C3)C4)O[C@]12C(=O)CO. The van der Waals surface area contributed by atoms with E-state index in [1.54, 1.807) is 53.5 Å².